The Kier molecular flexibility index (Phi) is 3.15. The lowest BCUT2D eigenvalue weighted by atomic mass is 10.0. The Hall–Kier alpha value is -1.42. The zero-order valence-corrected chi connectivity index (χ0v) is 12.4. The number of aromatic nitrogens is 3. The van der Waals surface area contributed by atoms with Crippen molar-refractivity contribution in [3.8, 4) is 11.4 Å². The number of benzene rings is 1. The van der Waals surface area contributed by atoms with Crippen molar-refractivity contribution in [1.29, 1.82) is 0 Å². The highest BCUT2D eigenvalue weighted by Gasteiger charge is 2.20. The highest BCUT2D eigenvalue weighted by atomic mass is 32.1. The summed E-state index contributed by atoms with van der Waals surface area (Å²) in [5.41, 5.74) is 3.49. The van der Waals surface area contributed by atoms with Crippen molar-refractivity contribution in [2.45, 2.75) is 40.2 Å². The molecule has 1 aromatic carbocycles. The van der Waals surface area contributed by atoms with Gasteiger partial charge in [0.1, 0.15) is 0 Å². The number of hydrogen-bond acceptors (Lipinski definition) is 2. The topological polar surface area (TPSA) is 33.6 Å². The molecule has 3 nitrogen and oxygen atoms in total. The van der Waals surface area contributed by atoms with E-state index in [-0.39, 0.29) is 5.54 Å². The van der Waals surface area contributed by atoms with Gasteiger partial charge in [-0.25, -0.2) is 0 Å². The Balaban J connectivity index is 2.69. The van der Waals surface area contributed by atoms with Crippen LogP contribution in [0, 0.1) is 18.6 Å². The summed E-state index contributed by atoms with van der Waals surface area (Å²) >= 11 is 5.33. The van der Waals surface area contributed by atoms with Crippen LogP contribution >= 0.6 is 12.2 Å². The summed E-state index contributed by atoms with van der Waals surface area (Å²) in [6.45, 7) is 10.6. The van der Waals surface area contributed by atoms with Crippen LogP contribution in [-0.2, 0) is 5.54 Å². The molecule has 0 radical (unpaired) electrons. The summed E-state index contributed by atoms with van der Waals surface area (Å²) in [6.07, 6.45) is 0. The lowest BCUT2D eigenvalue weighted by molar-refractivity contribution is 0.395. The van der Waals surface area contributed by atoms with Gasteiger partial charge in [0.2, 0.25) is 0 Å². The van der Waals surface area contributed by atoms with E-state index in [4.69, 9.17) is 12.2 Å². The van der Waals surface area contributed by atoms with E-state index < -0.39 is 0 Å². The zero-order valence-electron chi connectivity index (χ0n) is 11.5. The molecule has 4 heteroatoms. The standard InChI is InChI=1S/C14H19N3S/c1-9-6-10(2)8-11(7-9)12-15-16-13(18)17(12)14(3,4)5/h6-8H,1-5H3,(H,16,18). The first-order valence-electron chi connectivity index (χ1n) is 6.05. The van der Waals surface area contributed by atoms with Gasteiger partial charge in [-0.2, -0.15) is 5.10 Å². The van der Waals surface area contributed by atoms with Crippen molar-refractivity contribution in [2.75, 3.05) is 0 Å². The van der Waals surface area contributed by atoms with Crippen LogP contribution in [0.15, 0.2) is 18.2 Å². The number of hydrogen-bond donors (Lipinski definition) is 1. The summed E-state index contributed by atoms with van der Waals surface area (Å²) in [7, 11) is 0. The van der Waals surface area contributed by atoms with E-state index in [2.05, 4.69) is 67.6 Å². The summed E-state index contributed by atoms with van der Waals surface area (Å²) < 4.78 is 2.73. The molecule has 0 saturated heterocycles. The molecule has 0 amide bonds. The Labute approximate surface area is 113 Å². The van der Waals surface area contributed by atoms with Crippen LogP contribution in [-0.4, -0.2) is 14.8 Å². The summed E-state index contributed by atoms with van der Waals surface area (Å²) in [6, 6.07) is 6.44. The Morgan fingerprint density at radius 3 is 2.17 bits per heavy atom. The van der Waals surface area contributed by atoms with E-state index in [1.54, 1.807) is 0 Å². The number of H-pyrrole nitrogens is 1. The molecule has 96 valence electrons. The van der Waals surface area contributed by atoms with Crippen molar-refractivity contribution in [1.82, 2.24) is 14.8 Å². The molecule has 0 fully saturated rings. The predicted octanol–water partition coefficient (Wildman–Crippen LogP) is 3.98. The first-order chi connectivity index (χ1) is 8.29. The molecule has 0 unspecified atom stereocenters. The van der Waals surface area contributed by atoms with E-state index in [9.17, 15) is 0 Å². The molecule has 0 aliphatic carbocycles. The average molecular weight is 261 g/mol. The molecule has 0 bridgehead atoms. The maximum atomic E-state index is 5.33. The molecule has 2 rings (SSSR count). The Morgan fingerprint density at radius 2 is 1.67 bits per heavy atom. The predicted molar refractivity (Wildman–Crippen MR) is 77.3 cm³/mol. The molecule has 2 aromatic rings. The van der Waals surface area contributed by atoms with Crippen molar-refractivity contribution >= 4 is 12.2 Å². The van der Waals surface area contributed by atoms with Crippen molar-refractivity contribution < 1.29 is 0 Å². The molecule has 1 N–H and O–H groups in total. The second-order valence-corrected chi connectivity index (χ2v) is 6.12. The first kappa shape index (κ1) is 13.0. The molecule has 1 aromatic heterocycles. The molecule has 0 aliphatic rings. The van der Waals surface area contributed by atoms with Crippen molar-refractivity contribution in [2.24, 2.45) is 0 Å². The van der Waals surface area contributed by atoms with Gasteiger partial charge in [-0.15, -0.1) is 0 Å². The van der Waals surface area contributed by atoms with Gasteiger partial charge in [-0.3, -0.25) is 9.67 Å². The van der Waals surface area contributed by atoms with Crippen LogP contribution < -0.4 is 0 Å². The zero-order chi connectivity index (χ0) is 13.5. The fourth-order valence-corrected chi connectivity index (χ4v) is 2.62. The molecule has 1 heterocycles. The van der Waals surface area contributed by atoms with E-state index in [1.807, 2.05) is 0 Å². The largest absolute Gasteiger partial charge is 0.295 e. The first-order valence-corrected chi connectivity index (χ1v) is 6.46. The number of nitrogens with zero attached hydrogens (tertiary/aromatic N) is 2. The Bertz CT molecular complexity index is 609. The minimum Gasteiger partial charge on any atom is -0.295 e. The van der Waals surface area contributed by atoms with Gasteiger partial charge >= 0.3 is 0 Å². The summed E-state index contributed by atoms with van der Waals surface area (Å²) in [5, 5.41) is 7.28. The second-order valence-electron chi connectivity index (χ2n) is 5.73. The van der Waals surface area contributed by atoms with Crippen LogP contribution in [0.5, 0.6) is 0 Å². The van der Waals surface area contributed by atoms with Gasteiger partial charge < -0.3 is 0 Å². The highest BCUT2D eigenvalue weighted by Crippen LogP contribution is 2.26. The molecular formula is C14H19N3S. The van der Waals surface area contributed by atoms with E-state index in [0.29, 0.717) is 4.77 Å². The fourth-order valence-electron chi connectivity index (χ4n) is 2.22. The third-order valence-corrected chi connectivity index (χ3v) is 3.10. The molecule has 0 saturated carbocycles. The second kappa shape index (κ2) is 4.35. The lowest BCUT2D eigenvalue weighted by Gasteiger charge is -2.22. The average Bonchev–Trinajstić information content (AvgIpc) is 2.57. The smallest absolute Gasteiger partial charge is 0.195 e. The van der Waals surface area contributed by atoms with Crippen LogP contribution in [0.1, 0.15) is 31.9 Å². The fraction of sp³-hybridized carbons (Fsp3) is 0.429. The van der Waals surface area contributed by atoms with E-state index >= 15 is 0 Å². The minimum absolute atomic E-state index is 0.0862. The van der Waals surface area contributed by atoms with Gasteiger partial charge in [0.15, 0.2) is 10.6 Å². The van der Waals surface area contributed by atoms with Crippen LogP contribution in [0.2, 0.25) is 0 Å². The molecular weight excluding hydrogens is 242 g/mol. The molecule has 0 spiro atoms. The monoisotopic (exact) mass is 261 g/mol. The number of aryl methyl sites for hydroxylation is 2. The highest BCUT2D eigenvalue weighted by molar-refractivity contribution is 7.71. The van der Waals surface area contributed by atoms with Gasteiger partial charge in [0.05, 0.1) is 0 Å². The number of nitrogens with one attached hydrogen (secondary N) is 1. The molecule has 0 aliphatic heterocycles. The summed E-state index contributed by atoms with van der Waals surface area (Å²) in [5.74, 6) is 0.902. The Morgan fingerprint density at radius 1 is 1.11 bits per heavy atom. The van der Waals surface area contributed by atoms with Gasteiger partial charge in [-0.05, 0) is 59.0 Å². The van der Waals surface area contributed by atoms with Gasteiger partial charge in [0, 0.05) is 11.1 Å². The normalized spacial score (nSPS) is 11.8. The minimum atomic E-state index is -0.0862. The van der Waals surface area contributed by atoms with Gasteiger partial charge in [-0.1, -0.05) is 17.2 Å². The van der Waals surface area contributed by atoms with Crippen LogP contribution in [0.25, 0.3) is 11.4 Å². The third-order valence-electron chi connectivity index (χ3n) is 2.82. The van der Waals surface area contributed by atoms with Crippen molar-refractivity contribution in [3.05, 3.63) is 34.1 Å². The van der Waals surface area contributed by atoms with Gasteiger partial charge in [0.25, 0.3) is 0 Å². The van der Waals surface area contributed by atoms with Crippen molar-refractivity contribution in [3.63, 3.8) is 0 Å². The third kappa shape index (κ3) is 2.38. The van der Waals surface area contributed by atoms with Crippen LogP contribution in [0.4, 0.5) is 0 Å². The molecule has 0 atom stereocenters. The lowest BCUT2D eigenvalue weighted by Crippen LogP contribution is -2.23. The maximum Gasteiger partial charge on any atom is 0.195 e. The SMILES string of the molecule is Cc1cc(C)cc(-c2n[nH]c(=S)n2C(C)(C)C)c1. The number of rotatable bonds is 1. The number of aromatic amines is 1. The quantitative estimate of drug-likeness (QED) is 0.788. The van der Waals surface area contributed by atoms with E-state index in [0.717, 1.165) is 11.4 Å². The maximum absolute atomic E-state index is 5.33. The van der Waals surface area contributed by atoms with E-state index in [1.165, 1.54) is 11.1 Å². The van der Waals surface area contributed by atoms with Crippen LogP contribution in [0.3, 0.4) is 0 Å². The molecule has 18 heavy (non-hydrogen) atoms. The summed E-state index contributed by atoms with van der Waals surface area (Å²) in [4.78, 5) is 0.